The molecule has 158 valence electrons. The molecule has 2 N–H and O–H groups in total. The zero-order valence-electron chi connectivity index (χ0n) is 17.7. The quantitative estimate of drug-likeness (QED) is 0.626. The molecule has 0 aliphatic carbocycles. The minimum absolute atomic E-state index is 0.0821. The number of amides is 1. The van der Waals surface area contributed by atoms with Gasteiger partial charge in [0.1, 0.15) is 0 Å². The summed E-state index contributed by atoms with van der Waals surface area (Å²) >= 11 is 0. The highest BCUT2D eigenvalue weighted by Gasteiger charge is 2.25. The normalized spacial score (nSPS) is 16.0. The molecule has 0 spiro atoms. The van der Waals surface area contributed by atoms with Crippen LogP contribution in [-0.4, -0.2) is 40.6 Å². The molecule has 4 rings (SSSR count). The Balaban J connectivity index is 1.53. The molecule has 0 saturated carbocycles. The fraction of sp³-hybridized carbons (Fsp3) is 0.320. The van der Waals surface area contributed by atoms with Gasteiger partial charge in [-0.2, -0.15) is 0 Å². The summed E-state index contributed by atoms with van der Waals surface area (Å²) in [6, 6.07) is 20.1. The van der Waals surface area contributed by atoms with Gasteiger partial charge in [0.2, 0.25) is 0 Å². The number of nitrogens with zero attached hydrogens (tertiary/aromatic N) is 1. The molecule has 3 aromatic carbocycles. The summed E-state index contributed by atoms with van der Waals surface area (Å²) in [6.07, 6.45) is 5.47. The molecule has 1 heterocycles. The molecule has 0 bridgehead atoms. The number of hydrogen-bond acceptors (Lipinski definition) is 3. The fourth-order valence-corrected chi connectivity index (χ4v) is 5.24. The highest BCUT2D eigenvalue weighted by atomic mass is 32.2. The minimum atomic E-state index is -2.33. The van der Waals surface area contributed by atoms with E-state index in [2.05, 4.69) is 24.3 Å². The number of carbonyl (C=O) groups excluding carboxylic acids is 1. The number of rotatable bonds is 4. The van der Waals surface area contributed by atoms with Crippen molar-refractivity contribution in [1.29, 1.82) is 0 Å². The zero-order chi connectivity index (χ0) is 21.3. The molecule has 3 aromatic rings. The maximum Gasteiger partial charge on any atom is 0.254 e. The van der Waals surface area contributed by atoms with Crippen molar-refractivity contribution in [3.63, 3.8) is 0 Å². The second-order valence-corrected chi connectivity index (χ2v) is 11.8. The summed E-state index contributed by atoms with van der Waals surface area (Å²) in [7, 11) is -2.33. The number of hydrogen-bond donors (Lipinski definition) is 2. The first-order chi connectivity index (χ1) is 14.4. The second-order valence-electron chi connectivity index (χ2n) is 8.58. The van der Waals surface area contributed by atoms with Crippen molar-refractivity contribution in [2.75, 3.05) is 25.6 Å². The third-order valence-corrected chi connectivity index (χ3v) is 7.68. The molecule has 0 unspecified atom stereocenters. The summed E-state index contributed by atoms with van der Waals surface area (Å²) in [5.74, 6) is 0.553. The Morgan fingerprint density at radius 1 is 1.03 bits per heavy atom. The number of nitrogens with two attached hydrogens (primary N) is 1. The lowest BCUT2D eigenvalue weighted by Gasteiger charge is -2.32. The van der Waals surface area contributed by atoms with Crippen molar-refractivity contribution in [2.45, 2.75) is 30.2 Å². The van der Waals surface area contributed by atoms with Crippen LogP contribution in [0.4, 0.5) is 0 Å². The van der Waals surface area contributed by atoms with Crippen LogP contribution in [0, 0.1) is 0 Å². The molecule has 30 heavy (non-hydrogen) atoms. The third kappa shape index (κ3) is 4.18. The van der Waals surface area contributed by atoms with Gasteiger partial charge < -0.3 is 10.6 Å². The standard InChI is InChI=1S/C25H30N2O2S/c1-30(2,29)22-9-10-23-21(16-22)7-4-8-24(23)25(28)27-13-11-19(12-14-27)20-6-3-5-18(15-20)17-26/h3-10,15-16,19,30H,11-14,17,26H2,1-2H3. The first kappa shape index (κ1) is 20.8. The summed E-state index contributed by atoms with van der Waals surface area (Å²) < 4.78 is 12.4. The van der Waals surface area contributed by atoms with Crippen LogP contribution in [-0.2, 0) is 16.5 Å². The SMILES string of the molecule is C[SH](C)(=O)c1ccc2c(C(=O)N3CCC(c4cccc(CN)c4)CC3)cccc2c1. The van der Waals surface area contributed by atoms with E-state index in [1.54, 1.807) is 12.5 Å². The Morgan fingerprint density at radius 3 is 2.47 bits per heavy atom. The van der Waals surface area contributed by atoms with Crippen molar-refractivity contribution < 1.29 is 9.00 Å². The lowest BCUT2D eigenvalue weighted by Crippen LogP contribution is -2.38. The van der Waals surface area contributed by atoms with E-state index in [1.807, 2.05) is 41.3 Å². The lowest BCUT2D eigenvalue weighted by molar-refractivity contribution is 0.0715. The number of likely N-dealkylation sites (tertiary alicyclic amines) is 1. The van der Waals surface area contributed by atoms with E-state index in [0.29, 0.717) is 12.5 Å². The predicted octanol–water partition coefficient (Wildman–Crippen LogP) is 3.95. The molecule has 1 aliphatic heterocycles. The highest BCUT2D eigenvalue weighted by Crippen LogP contribution is 2.30. The number of carbonyl (C=O) groups is 1. The van der Waals surface area contributed by atoms with Crippen molar-refractivity contribution in [3.05, 3.63) is 77.4 Å². The third-order valence-electron chi connectivity index (χ3n) is 6.16. The molecule has 1 aliphatic rings. The van der Waals surface area contributed by atoms with Crippen LogP contribution in [0.3, 0.4) is 0 Å². The second kappa shape index (κ2) is 8.32. The van der Waals surface area contributed by atoms with Crippen LogP contribution in [0.1, 0.15) is 40.2 Å². The first-order valence-corrected chi connectivity index (χ1v) is 13.1. The molecule has 0 atom stereocenters. The van der Waals surface area contributed by atoms with E-state index >= 15 is 0 Å². The van der Waals surface area contributed by atoms with Crippen molar-refractivity contribution in [2.24, 2.45) is 5.73 Å². The molecular formula is C25H30N2O2S. The summed E-state index contributed by atoms with van der Waals surface area (Å²) in [4.78, 5) is 16.1. The first-order valence-electron chi connectivity index (χ1n) is 10.5. The Morgan fingerprint density at radius 2 is 1.77 bits per heavy atom. The Labute approximate surface area is 179 Å². The number of thiol groups is 1. The van der Waals surface area contributed by atoms with Crippen LogP contribution in [0.15, 0.2) is 65.6 Å². The average molecular weight is 423 g/mol. The van der Waals surface area contributed by atoms with Crippen LogP contribution in [0.2, 0.25) is 0 Å². The van der Waals surface area contributed by atoms with Gasteiger partial charge in [-0.3, -0.25) is 9.00 Å². The van der Waals surface area contributed by atoms with Gasteiger partial charge in [0, 0.05) is 30.1 Å². The lowest BCUT2D eigenvalue weighted by atomic mass is 9.88. The number of fused-ring (bicyclic) bond motifs is 1. The van der Waals surface area contributed by atoms with Gasteiger partial charge in [-0.15, -0.1) is 0 Å². The van der Waals surface area contributed by atoms with Gasteiger partial charge in [-0.25, -0.2) is 0 Å². The molecule has 4 nitrogen and oxygen atoms in total. The van der Waals surface area contributed by atoms with Gasteiger partial charge in [0.25, 0.3) is 5.91 Å². The zero-order valence-corrected chi connectivity index (χ0v) is 18.6. The van der Waals surface area contributed by atoms with Gasteiger partial charge in [0.15, 0.2) is 0 Å². The Hall–Kier alpha value is -2.50. The summed E-state index contributed by atoms with van der Waals surface area (Å²) in [5, 5.41) is 1.90. The largest absolute Gasteiger partial charge is 0.339 e. The summed E-state index contributed by atoms with van der Waals surface area (Å²) in [5.41, 5.74) is 8.99. The van der Waals surface area contributed by atoms with E-state index in [0.717, 1.165) is 52.7 Å². The monoisotopic (exact) mass is 422 g/mol. The maximum absolute atomic E-state index is 13.3. The Kier molecular flexibility index (Phi) is 5.76. The molecule has 1 fully saturated rings. The molecule has 0 aromatic heterocycles. The van der Waals surface area contributed by atoms with Crippen molar-refractivity contribution in [3.8, 4) is 0 Å². The number of benzene rings is 3. The Bertz CT molecular complexity index is 1130. The average Bonchev–Trinajstić information content (AvgIpc) is 2.77. The van der Waals surface area contributed by atoms with Gasteiger partial charge in [-0.05, 0) is 71.4 Å². The maximum atomic E-state index is 13.3. The van der Waals surface area contributed by atoms with E-state index < -0.39 is 9.93 Å². The molecule has 1 saturated heterocycles. The topological polar surface area (TPSA) is 63.4 Å². The van der Waals surface area contributed by atoms with Crippen LogP contribution in [0.25, 0.3) is 10.8 Å². The molecule has 1 amide bonds. The number of piperidine rings is 1. The van der Waals surface area contributed by atoms with Crippen LogP contribution in [0.5, 0.6) is 0 Å². The van der Waals surface area contributed by atoms with Gasteiger partial charge >= 0.3 is 0 Å². The fourth-order valence-electron chi connectivity index (χ4n) is 4.35. The summed E-state index contributed by atoms with van der Waals surface area (Å²) in [6.45, 7) is 2.06. The van der Waals surface area contributed by atoms with Crippen molar-refractivity contribution in [1.82, 2.24) is 4.90 Å². The van der Waals surface area contributed by atoms with Gasteiger partial charge in [0.05, 0.1) is 0 Å². The van der Waals surface area contributed by atoms with E-state index in [-0.39, 0.29) is 5.91 Å². The smallest absolute Gasteiger partial charge is 0.254 e. The minimum Gasteiger partial charge on any atom is -0.339 e. The highest BCUT2D eigenvalue weighted by molar-refractivity contribution is 8.01. The van der Waals surface area contributed by atoms with E-state index in [1.165, 1.54) is 5.56 Å². The van der Waals surface area contributed by atoms with Crippen molar-refractivity contribution >= 4 is 26.6 Å². The molecule has 5 heteroatoms. The van der Waals surface area contributed by atoms with E-state index in [4.69, 9.17) is 5.73 Å². The predicted molar refractivity (Wildman–Crippen MR) is 126 cm³/mol. The van der Waals surface area contributed by atoms with Crippen LogP contribution >= 0.6 is 0 Å². The molecular weight excluding hydrogens is 392 g/mol. The van der Waals surface area contributed by atoms with Gasteiger partial charge in [-0.1, -0.05) is 52.4 Å². The molecule has 0 radical (unpaired) electrons. The van der Waals surface area contributed by atoms with E-state index in [9.17, 15) is 9.00 Å². The van der Waals surface area contributed by atoms with Crippen LogP contribution < -0.4 is 5.73 Å².